The van der Waals surface area contributed by atoms with E-state index in [9.17, 15) is 19.8 Å². The van der Waals surface area contributed by atoms with Gasteiger partial charge in [-0.25, -0.2) is 4.79 Å². The maximum absolute atomic E-state index is 13.5. The SMILES string of the molecule is CC[C@@H](C)C(=O)O[C@H]1[C@@H]2C[C@@H]3[C@H]1[C@](O)(C[C@@H]2OC)[C@@]1(O)C2N(CC)C[C@]4(COC(=O)c5ccccc5N)CC[C@H](OC)[C@@]23[C@@H]4[C@H]1OC. The molecule has 1 unspecified atom stereocenters. The average molecular weight is 657 g/mol. The lowest BCUT2D eigenvalue weighted by atomic mass is 9.42. The number of rotatable bonds is 10. The summed E-state index contributed by atoms with van der Waals surface area (Å²) in [4.78, 5) is 29.2. The summed E-state index contributed by atoms with van der Waals surface area (Å²) in [6.45, 7) is 7.16. The number of carbonyl (C=O) groups excluding carboxylic acids is 2. The van der Waals surface area contributed by atoms with Crippen molar-refractivity contribution in [1.82, 2.24) is 4.90 Å². The number of carbonyl (C=O) groups is 2. The second kappa shape index (κ2) is 11.4. The minimum atomic E-state index is -1.76. The van der Waals surface area contributed by atoms with Gasteiger partial charge < -0.3 is 39.6 Å². The number of hydrogen-bond donors (Lipinski definition) is 3. The van der Waals surface area contributed by atoms with E-state index in [1.807, 2.05) is 13.8 Å². The van der Waals surface area contributed by atoms with Crippen LogP contribution in [-0.2, 0) is 28.5 Å². The number of hydrogen-bond acceptors (Lipinski definition) is 11. The highest BCUT2D eigenvalue weighted by Crippen LogP contribution is 2.80. The molecule has 0 radical (unpaired) electrons. The summed E-state index contributed by atoms with van der Waals surface area (Å²) in [6.07, 6.45) is 0.731. The summed E-state index contributed by atoms with van der Waals surface area (Å²) in [5, 5.41) is 26.8. The van der Waals surface area contributed by atoms with E-state index in [-0.39, 0.29) is 48.8 Å². The van der Waals surface area contributed by atoms with Crippen LogP contribution in [0.15, 0.2) is 24.3 Å². The number of likely N-dealkylation sites (N-methyl/N-ethyl adjacent to an activating group) is 1. The molecule has 1 spiro atoms. The molecule has 5 aliphatic carbocycles. The Balaban J connectivity index is 1.39. The lowest BCUT2D eigenvalue weighted by Crippen LogP contribution is -2.82. The van der Waals surface area contributed by atoms with E-state index < -0.39 is 58.3 Å². The van der Waals surface area contributed by atoms with Crippen LogP contribution in [0.4, 0.5) is 5.69 Å². The molecule has 4 N–H and O–H groups in total. The zero-order valence-electron chi connectivity index (χ0n) is 28.5. The summed E-state index contributed by atoms with van der Waals surface area (Å²) in [5.41, 5.74) is 2.08. The quantitative estimate of drug-likeness (QED) is 0.252. The second-order valence-corrected chi connectivity index (χ2v) is 15.4. The Hall–Kier alpha value is -2.28. The summed E-state index contributed by atoms with van der Waals surface area (Å²) in [6, 6.07) is 6.39. The van der Waals surface area contributed by atoms with Crippen LogP contribution in [0.5, 0.6) is 0 Å². The highest BCUT2D eigenvalue weighted by Gasteiger charge is 2.92. The number of methoxy groups -OCH3 is 3. The number of para-hydroxylation sites is 1. The molecule has 0 aromatic heterocycles. The van der Waals surface area contributed by atoms with Gasteiger partial charge in [0.1, 0.15) is 17.3 Å². The average Bonchev–Trinajstić information content (AvgIpc) is 3.46. The van der Waals surface area contributed by atoms with E-state index in [4.69, 9.17) is 29.4 Å². The minimum Gasteiger partial charge on any atom is -0.461 e. The van der Waals surface area contributed by atoms with Crippen LogP contribution >= 0.6 is 0 Å². The Morgan fingerprint density at radius 2 is 1.85 bits per heavy atom. The van der Waals surface area contributed by atoms with Crippen LogP contribution in [0.25, 0.3) is 0 Å². The van der Waals surface area contributed by atoms with Crippen LogP contribution < -0.4 is 5.73 Å². The Morgan fingerprint density at radius 1 is 1.11 bits per heavy atom. The van der Waals surface area contributed by atoms with Crippen LogP contribution in [0.2, 0.25) is 0 Å². The van der Waals surface area contributed by atoms with Gasteiger partial charge >= 0.3 is 11.9 Å². The van der Waals surface area contributed by atoms with Crippen molar-refractivity contribution in [1.29, 1.82) is 0 Å². The maximum atomic E-state index is 13.5. The zero-order chi connectivity index (χ0) is 33.7. The maximum Gasteiger partial charge on any atom is 0.340 e. The number of esters is 2. The number of nitrogen functional groups attached to an aromatic ring is 1. The molecule has 5 saturated carbocycles. The number of ether oxygens (including phenoxy) is 5. The summed E-state index contributed by atoms with van der Waals surface area (Å²) < 4.78 is 31.5. The summed E-state index contributed by atoms with van der Waals surface area (Å²) in [5.74, 6) is -2.27. The minimum absolute atomic E-state index is 0.106. The molecule has 1 aliphatic heterocycles. The first-order valence-corrected chi connectivity index (χ1v) is 17.4. The lowest BCUT2D eigenvalue weighted by molar-refractivity contribution is -0.319. The molecular formula is C36H52N2O9. The Morgan fingerprint density at radius 3 is 2.49 bits per heavy atom. The number of benzene rings is 1. The van der Waals surface area contributed by atoms with Gasteiger partial charge in [0.05, 0.1) is 42.4 Å². The van der Waals surface area contributed by atoms with Crippen LogP contribution in [0.1, 0.15) is 63.2 Å². The van der Waals surface area contributed by atoms with Crippen molar-refractivity contribution in [3.63, 3.8) is 0 Å². The summed E-state index contributed by atoms with van der Waals surface area (Å²) in [7, 11) is 4.97. The number of fused-ring (bicyclic) bond motifs is 2. The Bertz CT molecular complexity index is 1410. The molecule has 6 fully saturated rings. The van der Waals surface area contributed by atoms with Crippen LogP contribution in [0.3, 0.4) is 0 Å². The van der Waals surface area contributed by atoms with Gasteiger partial charge in [0.25, 0.3) is 0 Å². The lowest BCUT2D eigenvalue weighted by Gasteiger charge is -2.70. The largest absolute Gasteiger partial charge is 0.461 e. The third-order valence-electron chi connectivity index (χ3n) is 14.0. The first-order chi connectivity index (χ1) is 22.4. The van der Waals surface area contributed by atoms with E-state index >= 15 is 0 Å². The fraction of sp³-hybridized carbons (Fsp3) is 0.778. The second-order valence-electron chi connectivity index (χ2n) is 15.4. The van der Waals surface area contributed by atoms with Gasteiger partial charge in [-0.05, 0) is 50.3 Å². The van der Waals surface area contributed by atoms with Crippen molar-refractivity contribution in [2.45, 2.75) is 94.5 Å². The normalized spacial score (nSPS) is 46.6. The van der Waals surface area contributed by atoms with E-state index in [0.717, 1.165) is 0 Å². The third-order valence-corrected chi connectivity index (χ3v) is 14.0. The van der Waals surface area contributed by atoms with Crippen molar-refractivity contribution in [3.05, 3.63) is 29.8 Å². The van der Waals surface area contributed by atoms with E-state index in [1.165, 1.54) is 0 Å². The van der Waals surface area contributed by atoms with Gasteiger partial charge in [0.15, 0.2) is 0 Å². The number of likely N-dealkylation sites (tertiary alicyclic amines) is 1. The topological polar surface area (TPSA) is 150 Å². The van der Waals surface area contributed by atoms with Crippen LogP contribution in [0, 0.1) is 40.4 Å². The van der Waals surface area contributed by atoms with E-state index in [1.54, 1.807) is 45.6 Å². The summed E-state index contributed by atoms with van der Waals surface area (Å²) >= 11 is 0. The van der Waals surface area contributed by atoms with E-state index in [2.05, 4.69) is 11.8 Å². The molecule has 11 nitrogen and oxygen atoms in total. The molecular weight excluding hydrogens is 604 g/mol. The molecule has 1 saturated heterocycles. The van der Waals surface area contributed by atoms with Gasteiger partial charge in [-0.2, -0.15) is 0 Å². The third kappa shape index (κ3) is 4.01. The van der Waals surface area contributed by atoms with Gasteiger partial charge in [0, 0.05) is 68.6 Å². The van der Waals surface area contributed by atoms with Crippen molar-refractivity contribution in [2.75, 3.05) is 46.8 Å². The molecule has 11 heteroatoms. The smallest absolute Gasteiger partial charge is 0.340 e. The van der Waals surface area contributed by atoms with Gasteiger partial charge in [-0.15, -0.1) is 0 Å². The number of nitrogens with two attached hydrogens (primary N) is 1. The number of anilines is 1. The predicted octanol–water partition coefficient (Wildman–Crippen LogP) is 2.66. The molecule has 1 aromatic carbocycles. The predicted molar refractivity (Wildman–Crippen MR) is 171 cm³/mol. The molecule has 260 valence electrons. The molecule has 7 rings (SSSR count). The van der Waals surface area contributed by atoms with Crippen LogP contribution in [-0.4, -0.2) is 110 Å². The first-order valence-electron chi connectivity index (χ1n) is 17.4. The number of aliphatic hydroxyl groups is 2. The highest BCUT2D eigenvalue weighted by atomic mass is 16.6. The molecule has 7 bridgehead atoms. The highest BCUT2D eigenvalue weighted by molar-refractivity contribution is 5.95. The van der Waals surface area contributed by atoms with E-state index in [0.29, 0.717) is 50.0 Å². The van der Waals surface area contributed by atoms with Gasteiger partial charge in [0.2, 0.25) is 0 Å². The number of piperidine rings is 1. The molecule has 47 heavy (non-hydrogen) atoms. The van der Waals surface area contributed by atoms with Crippen molar-refractivity contribution in [3.8, 4) is 0 Å². The standard InChI is InChI=1S/C36H52N2O9/c1-7-19(3)30(39)47-27-21-15-22-26(27)34(41,16-24(21)43-4)36(42)29(45-6)28-33(18-46-31(40)20-11-9-10-12-23(20)37)14-13-25(44-5)35(22,28)32(36)38(8-2)17-33/h9-12,19,21-22,24-29,32,41-42H,7-8,13-18,37H2,1-6H3/t19-,21-,22-,24+,25+,26-,27+,28-,29-,32?,33+,34-,35+,36+/m1/s1. The van der Waals surface area contributed by atoms with Crippen molar-refractivity contribution >= 4 is 17.6 Å². The number of nitrogens with zero attached hydrogens (tertiary/aromatic N) is 1. The molecule has 6 aliphatic rings. The first kappa shape index (κ1) is 33.2. The molecule has 14 atom stereocenters. The van der Waals surface area contributed by atoms with Gasteiger partial charge in [-0.3, -0.25) is 9.69 Å². The Kier molecular flexibility index (Phi) is 8.05. The monoisotopic (exact) mass is 656 g/mol. The molecule has 1 heterocycles. The van der Waals surface area contributed by atoms with Crippen molar-refractivity contribution in [2.24, 2.45) is 40.4 Å². The fourth-order valence-corrected chi connectivity index (χ4v) is 12.2. The molecule has 1 aromatic rings. The van der Waals surface area contributed by atoms with Crippen molar-refractivity contribution < 1.29 is 43.5 Å². The Labute approximate surface area is 277 Å². The zero-order valence-corrected chi connectivity index (χ0v) is 28.5. The molecule has 0 amide bonds. The van der Waals surface area contributed by atoms with Gasteiger partial charge in [-0.1, -0.05) is 32.9 Å². The fourth-order valence-electron chi connectivity index (χ4n) is 12.2.